The maximum Gasteiger partial charge on any atom is 0.191 e. The second-order valence-electron chi connectivity index (χ2n) is 4.92. The maximum atomic E-state index is 10.0. The predicted octanol–water partition coefficient (Wildman–Crippen LogP) is 2.08. The smallest absolute Gasteiger partial charge is 0.191 e. The number of methoxy groups -OCH3 is 1. The SMILES string of the molecule is CCNC(=NCc1ccccc1OC)NCC(O)c1ccco1. The molecule has 124 valence electrons. The normalized spacial score (nSPS) is 12.7. The summed E-state index contributed by atoms with van der Waals surface area (Å²) in [5.41, 5.74) is 0.999. The van der Waals surface area contributed by atoms with E-state index in [9.17, 15) is 5.11 Å². The molecule has 0 saturated carbocycles. The number of aliphatic hydroxyl groups is 1. The highest BCUT2D eigenvalue weighted by Gasteiger charge is 2.11. The first kappa shape index (κ1) is 16.9. The average molecular weight is 317 g/mol. The molecule has 3 N–H and O–H groups in total. The van der Waals surface area contributed by atoms with Gasteiger partial charge in [0, 0.05) is 12.1 Å². The quantitative estimate of drug-likeness (QED) is 0.538. The zero-order chi connectivity index (χ0) is 16.5. The summed E-state index contributed by atoms with van der Waals surface area (Å²) in [4.78, 5) is 4.52. The zero-order valence-electron chi connectivity index (χ0n) is 13.5. The van der Waals surface area contributed by atoms with Gasteiger partial charge in [0.25, 0.3) is 0 Å². The van der Waals surface area contributed by atoms with Crippen molar-refractivity contribution in [1.82, 2.24) is 10.6 Å². The molecule has 1 atom stereocenters. The highest BCUT2D eigenvalue weighted by atomic mass is 16.5. The van der Waals surface area contributed by atoms with Gasteiger partial charge in [0.05, 0.1) is 26.5 Å². The fourth-order valence-corrected chi connectivity index (χ4v) is 2.11. The van der Waals surface area contributed by atoms with Crippen LogP contribution in [0.1, 0.15) is 24.4 Å². The van der Waals surface area contributed by atoms with Gasteiger partial charge in [0.15, 0.2) is 5.96 Å². The van der Waals surface area contributed by atoms with Gasteiger partial charge in [-0.2, -0.15) is 0 Å². The summed E-state index contributed by atoms with van der Waals surface area (Å²) in [6, 6.07) is 11.3. The van der Waals surface area contributed by atoms with E-state index in [4.69, 9.17) is 9.15 Å². The van der Waals surface area contributed by atoms with Crippen LogP contribution in [0.4, 0.5) is 0 Å². The van der Waals surface area contributed by atoms with Crippen LogP contribution in [0.5, 0.6) is 5.75 Å². The third-order valence-corrected chi connectivity index (χ3v) is 3.28. The Morgan fingerprint density at radius 2 is 2.09 bits per heavy atom. The van der Waals surface area contributed by atoms with E-state index in [2.05, 4.69) is 15.6 Å². The third-order valence-electron chi connectivity index (χ3n) is 3.28. The first-order chi connectivity index (χ1) is 11.2. The lowest BCUT2D eigenvalue weighted by Gasteiger charge is -2.14. The molecule has 6 nitrogen and oxygen atoms in total. The van der Waals surface area contributed by atoms with Gasteiger partial charge < -0.3 is 24.9 Å². The summed E-state index contributed by atoms with van der Waals surface area (Å²) >= 11 is 0. The minimum Gasteiger partial charge on any atom is -0.496 e. The number of nitrogens with zero attached hydrogens (tertiary/aromatic N) is 1. The minimum atomic E-state index is -0.722. The molecule has 0 spiro atoms. The van der Waals surface area contributed by atoms with Crippen molar-refractivity contribution in [2.45, 2.75) is 19.6 Å². The number of aliphatic imine (C=N–C) groups is 1. The molecule has 0 aliphatic heterocycles. The number of furan rings is 1. The van der Waals surface area contributed by atoms with E-state index in [1.807, 2.05) is 31.2 Å². The number of hydrogen-bond donors (Lipinski definition) is 3. The molecule has 1 unspecified atom stereocenters. The second-order valence-corrected chi connectivity index (χ2v) is 4.92. The summed E-state index contributed by atoms with van der Waals surface area (Å²) in [7, 11) is 1.64. The van der Waals surface area contributed by atoms with Crippen molar-refractivity contribution in [2.24, 2.45) is 4.99 Å². The molecule has 1 heterocycles. The van der Waals surface area contributed by atoms with E-state index < -0.39 is 6.10 Å². The van der Waals surface area contributed by atoms with E-state index in [0.717, 1.165) is 17.9 Å². The molecule has 2 aromatic rings. The van der Waals surface area contributed by atoms with Crippen molar-refractivity contribution in [2.75, 3.05) is 20.2 Å². The molecule has 1 aromatic heterocycles. The van der Waals surface area contributed by atoms with Crippen LogP contribution >= 0.6 is 0 Å². The lowest BCUT2D eigenvalue weighted by Crippen LogP contribution is -2.39. The zero-order valence-corrected chi connectivity index (χ0v) is 13.5. The fourth-order valence-electron chi connectivity index (χ4n) is 2.11. The second kappa shape index (κ2) is 8.85. The highest BCUT2D eigenvalue weighted by Crippen LogP contribution is 2.18. The Balaban J connectivity index is 1.97. The van der Waals surface area contributed by atoms with Gasteiger partial charge >= 0.3 is 0 Å². The Hall–Kier alpha value is -2.47. The van der Waals surface area contributed by atoms with Gasteiger partial charge in [-0.25, -0.2) is 4.99 Å². The van der Waals surface area contributed by atoms with Crippen LogP contribution in [-0.2, 0) is 6.54 Å². The summed E-state index contributed by atoms with van der Waals surface area (Å²) < 4.78 is 10.5. The van der Waals surface area contributed by atoms with Crippen LogP contribution in [0, 0.1) is 0 Å². The van der Waals surface area contributed by atoms with Crippen molar-refractivity contribution in [3.05, 3.63) is 54.0 Å². The maximum absolute atomic E-state index is 10.0. The Morgan fingerprint density at radius 3 is 2.78 bits per heavy atom. The molecule has 23 heavy (non-hydrogen) atoms. The Morgan fingerprint density at radius 1 is 1.26 bits per heavy atom. The molecule has 2 rings (SSSR count). The molecule has 1 aromatic carbocycles. The first-order valence-corrected chi connectivity index (χ1v) is 7.60. The summed E-state index contributed by atoms with van der Waals surface area (Å²) in [6.07, 6.45) is 0.819. The lowest BCUT2D eigenvalue weighted by atomic mass is 10.2. The minimum absolute atomic E-state index is 0.311. The number of rotatable bonds is 7. The van der Waals surface area contributed by atoms with Crippen molar-refractivity contribution < 1.29 is 14.3 Å². The molecule has 0 saturated heterocycles. The topological polar surface area (TPSA) is 79.0 Å². The van der Waals surface area contributed by atoms with E-state index >= 15 is 0 Å². The Labute approximate surface area is 136 Å². The van der Waals surface area contributed by atoms with Gasteiger partial charge in [-0.05, 0) is 25.1 Å². The third kappa shape index (κ3) is 5.03. The van der Waals surface area contributed by atoms with Crippen LogP contribution in [0.15, 0.2) is 52.1 Å². The average Bonchev–Trinajstić information content (AvgIpc) is 3.12. The van der Waals surface area contributed by atoms with Crippen molar-refractivity contribution in [3.8, 4) is 5.75 Å². The number of ether oxygens (including phenoxy) is 1. The molecule has 0 bridgehead atoms. The molecule has 0 radical (unpaired) electrons. The van der Waals surface area contributed by atoms with Gasteiger partial charge in [-0.1, -0.05) is 18.2 Å². The van der Waals surface area contributed by atoms with Crippen LogP contribution in [-0.4, -0.2) is 31.3 Å². The van der Waals surface area contributed by atoms with Crippen LogP contribution in [0.2, 0.25) is 0 Å². The van der Waals surface area contributed by atoms with E-state index in [-0.39, 0.29) is 0 Å². The number of hydrogen-bond acceptors (Lipinski definition) is 4. The van der Waals surface area contributed by atoms with Gasteiger partial charge in [0.1, 0.15) is 17.6 Å². The molecule has 0 aliphatic carbocycles. The molecule has 0 amide bonds. The number of nitrogens with one attached hydrogen (secondary N) is 2. The van der Waals surface area contributed by atoms with Crippen molar-refractivity contribution in [1.29, 1.82) is 0 Å². The summed E-state index contributed by atoms with van der Waals surface area (Å²) in [6.45, 7) is 3.51. The first-order valence-electron chi connectivity index (χ1n) is 7.60. The van der Waals surface area contributed by atoms with Gasteiger partial charge in [0.2, 0.25) is 0 Å². The number of para-hydroxylation sites is 1. The van der Waals surface area contributed by atoms with E-state index in [1.165, 1.54) is 0 Å². The molecular formula is C17H23N3O3. The highest BCUT2D eigenvalue weighted by molar-refractivity contribution is 5.79. The number of guanidine groups is 1. The van der Waals surface area contributed by atoms with E-state index in [1.54, 1.807) is 25.5 Å². The van der Waals surface area contributed by atoms with Crippen LogP contribution in [0.25, 0.3) is 0 Å². The fraction of sp³-hybridized carbons (Fsp3) is 0.353. The van der Waals surface area contributed by atoms with Gasteiger partial charge in [-0.15, -0.1) is 0 Å². The molecule has 6 heteroatoms. The molecule has 0 fully saturated rings. The van der Waals surface area contributed by atoms with Gasteiger partial charge in [-0.3, -0.25) is 0 Å². The summed E-state index contributed by atoms with van der Waals surface area (Å²) in [5, 5.41) is 16.3. The van der Waals surface area contributed by atoms with E-state index in [0.29, 0.717) is 24.8 Å². The predicted molar refractivity (Wildman–Crippen MR) is 89.5 cm³/mol. The van der Waals surface area contributed by atoms with Crippen LogP contribution < -0.4 is 15.4 Å². The molecule has 0 aliphatic rings. The monoisotopic (exact) mass is 317 g/mol. The van der Waals surface area contributed by atoms with Crippen LogP contribution in [0.3, 0.4) is 0 Å². The lowest BCUT2D eigenvalue weighted by molar-refractivity contribution is 0.153. The standard InChI is InChI=1S/C17H23N3O3/c1-3-18-17(20-12-14(21)16-9-6-10-23-16)19-11-13-7-4-5-8-15(13)22-2/h4-10,14,21H,3,11-12H2,1-2H3,(H2,18,19,20). The Kier molecular flexibility index (Phi) is 6.50. The Bertz CT molecular complexity index is 611. The molecular weight excluding hydrogens is 294 g/mol. The largest absolute Gasteiger partial charge is 0.496 e. The van der Waals surface area contributed by atoms with Crippen molar-refractivity contribution >= 4 is 5.96 Å². The number of benzene rings is 1. The van der Waals surface area contributed by atoms with Crippen molar-refractivity contribution in [3.63, 3.8) is 0 Å². The number of aliphatic hydroxyl groups excluding tert-OH is 1. The summed E-state index contributed by atoms with van der Waals surface area (Å²) in [5.74, 6) is 1.96.